The van der Waals surface area contributed by atoms with Crippen LogP contribution in [0.4, 0.5) is 0 Å². The van der Waals surface area contributed by atoms with E-state index in [1.807, 2.05) is 0 Å². The summed E-state index contributed by atoms with van der Waals surface area (Å²) in [6.45, 7) is 2.25. The molecule has 0 unspecified atom stereocenters. The van der Waals surface area contributed by atoms with Gasteiger partial charge in [0.05, 0.1) is 11.7 Å². The number of methoxy groups -OCH3 is 1. The molecule has 0 aliphatic heterocycles. The Bertz CT molecular complexity index is 228. The molecule has 2 rings (SSSR count). The lowest BCUT2D eigenvalue weighted by molar-refractivity contribution is -0.145. The second-order valence-electron chi connectivity index (χ2n) is 5.64. The number of nitrogens with two attached hydrogens (primary N) is 1. The summed E-state index contributed by atoms with van der Waals surface area (Å²) in [6, 6.07) is 0. The van der Waals surface area contributed by atoms with Crippen molar-refractivity contribution in [3.05, 3.63) is 0 Å². The third-order valence-electron chi connectivity index (χ3n) is 4.55. The Balaban J connectivity index is 1.98. The van der Waals surface area contributed by atoms with E-state index in [1.54, 1.807) is 7.11 Å². The highest BCUT2D eigenvalue weighted by Gasteiger charge is 2.56. The molecule has 3 nitrogen and oxygen atoms in total. The minimum atomic E-state index is -0.630. The number of hydrogen-bond donors (Lipinski definition) is 2. The van der Waals surface area contributed by atoms with Crippen molar-refractivity contribution < 1.29 is 9.84 Å². The first-order valence-corrected chi connectivity index (χ1v) is 6.03. The molecule has 0 atom stereocenters. The zero-order valence-corrected chi connectivity index (χ0v) is 9.83. The van der Waals surface area contributed by atoms with Crippen LogP contribution in [0.5, 0.6) is 0 Å². The van der Waals surface area contributed by atoms with Crippen LogP contribution in [0.3, 0.4) is 0 Å². The average Bonchev–Trinajstić information content (AvgIpc) is 2.17. The predicted octanol–water partition coefficient (Wildman–Crippen LogP) is 1.43. The summed E-state index contributed by atoms with van der Waals surface area (Å²) in [7, 11) is 1.72. The van der Waals surface area contributed by atoms with Gasteiger partial charge in [-0.15, -0.1) is 0 Å². The fraction of sp³-hybridized carbons (Fsp3) is 1.00. The molecule has 0 bridgehead atoms. The Hall–Kier alpha value is -0.120. The number of ether oxygens (including phenoxy) is 1. The van der Waals surface area contributed by atoms with Crippen molar-refractivity contribution >= 4 is 0 Å². The van der Waals surface area contributed by atoms with Crippen LogP contribution in [0.15, 0.2) is 0 Å². The van der Waals surface area contributed by atoms with Crippen LogP contribution in [-0.4, -0.2) is 29.5 Å². The van der Waals surface area contributed by atoms with E-state index in [9.17, 15) is 5.11 Å². The molecule has 0 amide bonds. The molecule has 2 aliphatic carbocycles. The molecule has 0 aromatic rings. The Morgan fingerprint density at radius 2 is 1.80 bits per heavy atom. The maximum atomic E-state index is 10.6. The van der Waals surface area contributed by atoms with Crippen molar-refractivity contribution in [1.29, 1.82) is 0 Å². The molecule has 3 N–H and O–H groups in total. The van der Waals surface area contributed by atoms with Crippen molar-refractivity contribution in [1.82, 2.24) is 0 Å². The van der Waals surface area contributed by atoms with Crippen molar-refractivity contribution in [3.63, 3.8) is 0 Å². The summed E-state index contributed by atoms with van der Waals surface area (Å²) < 4.78 is 5.25. The van der Waals surface area contributed by atoms with Gasteiger partial charge in [0.15, 0.2) is 0 Å². The second-order valence-corrected chi connectivity index (χ2v) is 5.64. The van der Waals surface area contributed by atoms with E-state index in [0.717, 1.165) is 44.4 Å². The predicted molar refractivity (Wildman–Crippen MR) is 59.5 cm³/mol. The molecule has 0 saturated heterocycles. The lowest BCUT2D eigenvalue weighted by Crippen LogP contribution is -2.69. The van der Waals surface area contributed by atoms with Gasteiger partial charge >= 0.3 is 0 Å². The zero-order chi connectivity index (χ0) is 11.1. The highest BCUT2D eigenvalue weighted by atomic mass is 16.5. The largest absolute Gasteiger partial charge is 0.388 e. The van der Waals surface area contributed by atoms with Gasteiger partial charge in [-0.1, -0.05) is 6.92 Å². The van der Waals surface area contributed by atoms with Crippen LogP contribution in [0.1, 0.15) is 45.4 Å². The van der Waals surface area contributed by atoms with Crippen LogP contribution in [-0.2, 0) is 4.74 Å². The van der Waals surface area contributed by atoms with Crippen LogP contribution < -0.4 is 5.73 Å². The lowest BCUT2D eigenvalue weighted by Gasteiger charge is -2.55. The number of aliphatic hydroxyl groups is 1. The van der Waals surface area contributed by atoms with Gasteiger partial charge < -0.3 is 15.6 Å². The van der Waals surface area contributed by atoms with Crippen LogP contribution in [0.2, 0.25) is 0 Å². The monoisotopic (exact) mass is 213 g/mol. The quantitative estimate of drug-likeness (QED) is 0.729. The molecule has 0 heterocycles. The third-order valence-corrected chi connectivity index (χ3v) is 4.55. The lowest BCUT2D eigenvalue weighted by atomic mass is 9.59. The number of rotatable bonds is 2. The molecular formula is C12H23NO2. The summed E-state index contributed by atoms with van der Waals surface area (Å²) in [5, 5.41) is 10.6. The van der Waals surface area contributed by atoms with Gasteiger partial charge in [-0.3, -0.25) is 0 Å². The highest BCUT2D eigenvalue weighted by molar-refractivity contribution is 5.13. The van der Waals surface area contributed by atoms with E-state index in [-0.39, 0.29) is 11.6 Å². The normalized spacial score (nSPS) is 51.2. The molecule has 0 spiro atoms. The van der Waals surface area contributed by atoms with Crippen molar-refractivity contribution in [2.24, 2.45) is 11.7 Å². The molecule has 2 aliphatic rings. The summed E-state index contributed by atoms with van der Waals surface area (Å²) in [4.78, 5) is 0. The first-order chi connectivity index (χ1) is 6.99. The van der Waals surface area contributed by atoms with E-state index >= 15 is 0 Å². The topological polar surface area (TPSA) is 55.5 Å². The zero-order valence-electron chi connectivity index (χ0n) is 9.83. The van der Waals surface area contributed by atoms with Gasteiger partial charge in [-0.05, 0) is 44.4 Å². The van der Waals surface area contributed by atoms with Crippen molar-refractivity contribution in [2.45, 2.75) is 62.7 Å². The standard InChI is InChI=1S/C12H23NO2/c1-9-3-5-12(14,6-4-9)11(13)7-10(8-11)15-2/h9-10,14H,3-8,13H2,1-2H3. The molecular weight excluding hydrogens is 190 g/mol. The highest BCUT2D eigenvalue weighted by Crippen LogP contribution is 2.47. The summed E-state index contributed by atoms with van der Waals surface area (Å²) >= 11 is 0. The van der Waals surface area contributed by atoms with Crippen LogP contribution in [0.25, 0.3) is 0 Å². The fourth-order valence-electron chi connectivity index (χ4n) is 3.04. The molecule has 2 fully saturated rings. The van der Waals surface area contributed by atoms with Gasteiger partial charge in [0.25, 0.3) is 0 Å². The SMILES string of the molecule is COC1CC(N)(C2(O)CCC(C)CC2)C1. The maximum absolute atomic E-state index is 10.6. The molecule has 88 valence electrons. The fourth-order valence-corrected chi connectivity index (χ4v) is 3.04. The van der Waals surface area contributed by atoms with E-state index < -0.39 is 5.60 Å². The first kappa shape index (κ1) is 11.4. The molecule has 0 aromatic heterocycles. The Morgan fingerprint density at radius 1 is 1.27 bits per heavy atom. The van der Waals surface area contributed by atoms with Gasteiger partial charge in [0, 0.05) is 12.6 Å². The second kappa shape index (κ2) is 3.72. The average molecular weight is 213 g/mol. The summed E-state index contributed by atoms with van der Waals surface area (Å²) in [5.74, 6) is 0.743. The van der Waals surface area contributed by atoms with Gasteiger partial charge in [0.2, 0.25) is 0 Å². The Morgan fingerprint density at radius 3 is 2.27 bits per heavy atom. The number of hydrogen-bond acceptors (Lipinski definition) is 3. The molecule has 3 heteroatoms. The minimum absolute atomic E-state index is 0.262. The van der Waals surface area contributed by atoms with E-state index in [0.29, 0.717) is 0 Å². The van der Waals surface area contributed by atoms with Crippen molar-refractivity contribution in [3.8, 4) is 0 Å². The molecule has 15 heavy (non-hydrogen) atoms. The van der Waals surface area contributed by atoms with Crippen LogP contribution in [0, 0.1) is 5.92 Å². The van der Waals surface area contributed by atoms with Crippen molar-refractivity contribution in [2.75, 3.05) is 7.11 Å². The Labute approximate surface area is 92.0 Å². The Kier molecular flexibility index (Phi) is 2.82. The van der Waals surface area contributed by atoms with Gasteiger partial charge in [-0.25, -0.2) is 0 Å². The molecule has 0 aromatic carbocycles. The summed E-state index contributed by atoms with van der Waals surface area (Å²) in [5.41, 5.74) is 5.28. The van der Waals surface area contributed by atoms with E-state index in [4.69, 9.17) is 10.5 Å². The van der Waals surface area contributed by atoms with E-state index in [2.05, 4.69) is 6.92 Å². The molecule has 2 saturated carbocycles. The van der Waals surface area contributed by atoms with Gasteiger partial charge in [0.1, 0.15) is 0 Å². The smallest absolute Gasteiger partial charge is 0.0828 e. The first-order valence-electron chi connectivity index (χ1n) is 6.03. The maximum Gasteiger partial charge on any atom is 0.0828 e. The minimum Gasteiger partial charge on any atom is -0.388 e. The molecule has 0 radical (unpaired) electrons. The third kappa shape index (κ3) is 1.81. The summed E-state index contributed by atoms with van der Waals surface area (Å²) in [6.07, 6.45) is 5.82. The van der Waals surface area contributed by atoms with Gasteiger partial charge in [-0.2, -0.15) is 0 Å². The van der Waals surface area contributed by atoms with E-state index in [1.165, 1.54) is 0 Å². The van der Waals surface area contributed by atoms with Crippen LogP contribution >= 0.6 is 0 Å².